The molecule has 0 aliphatic heterocycles. The lowest BCUT2D eigenvalue weighted by molar-refractivity contribution is -0.384. The first-order valence-corrected chi connectivity index (χ1v) is 8.98. The average molecular weight is 320 g/mol. The van der Waals surface area contributed by atoms with Crippen LogP contribution in [0.5, 0.6) is 0 Å². The average Bonchev–Trinajstić information content (AvgIpc) is 2.54. The first-order valence-electron chi connectivity index (χ1n) is 8.98. The molecule has 0 amide bonds. The zero-order valence-corrected chi connectivity index (χ0v) is 15.0. The van der Waals surface area contributed by atoms with Crippen LogP contribution < -0.4 is 0 Å². The van der Waals surface area contributed by atoms with Gasteiger partial charge in [-0.2, -0.15) is 0 Å². The van der Waals surface area contributed by atoms with Crippen LogP contribution in [0.25, 0.3) is 0 Å². The summed E-state index contributed by atoms with van der Waals surface area (Å²) >= 11 is 0. The normalized spacial score (nSPS) is 12.5. The van der Waals surface area contributed by atoms with Gasteiger partial charge in [-0.3, -0.25) is 10.1 Å². The molecule has 4 heteroatoms. The van der Waals surface area contributed by atoms with Gasteiger partial charge >= 0.3 is 0 Å². The summed E-state index contributed by atoms with van der Waals surface area (Å²) in [5.41, 5.74) is 1.36. The van der Waals surface area contributed by atoms with Crippen LogP contribution in [0.2, 0.25) is 0 Å². The van der Waals surface area contributed by atoms with E-state index in [1.54, 1.807) is 12.1 Å². The molecule has 130 valence electrons. The number of aryl methyl sites for hydroxylation is 1. The van der Waals surface area contributed by atoms with E-state index in [2.05, 4.69) is 25.8 Å². The Morgan fingerprint density at radius 1 is 1.09 bits per heavy atom. The van der Waals surface area contributed by atoms with Gasteiger partial charge in [0.15, 0.2) is 0 Å². The summed E-state index contributed by atoms with van der Waals surface area (Å²) in [5, 5.41) is 10.6. The molecule has 0 N–H and O–H groups in total. The van der Waals surface area contributed by atoms with Crippen LogP contribution in [0.3, 0.4) is 0 Å². The molecule has 0 spiro atoms. The highest BCUT2D eigenvalue weighted by Crippen LogP contribution is 2.15. The maximum Gasteiger partial charge on any atom is 0.269 e. The Morgan fingerprint density at radius 3 is 2.35 bits per heavy atom. The first-order chi connectivity index (χ1) is 11.0. The molecular formula is C19H32N2O2. The fourth-order valence-corrected chi connectivity index (χ4v) is 2.79. The second kappa shape index (κ2) is 11.2. The van der Waals surface area contributed by atoms with Gasteiger partial charge in [-0.25, -0.2) is 0 Å². The van der Waals surface area contributed by atoms with Gasteiger partial charge in [0, 0.05) is 18.2 Å². The van der Waals surface area contributed by atoms with Gasteiger partial charge in [0.1, 0.15) is 0 Å². The molecule has 1 aromatic rings. The molecule has 0 aliphatic rings. The molecule has 0 fully saturated rings. The fraction of sp³-hybridized carbons (Fsp3) is 0.684. The van der Waals surface area contributed by atoms with Crippen molar-refractivity contribution in [2.75, 3.05) is 13.6 Å². The van der Waals surface area contributed by atoms with Crippen molar-refractivity contribution in [2.45, 2.75) is 71.3 Å². The summed E-state index contributed by atoms with van der Waals surface area (Å²) < 4.78 is 0. The molecule has 0 bridgehead atoms. The topological polar surface area (TPSA) is 46.4 Å². The van der Waals surface area contributed by atoms with E-state index in [9.17, 15) is 10.1 Å². The van der Waals surface area contributed by atoms with E-state index in [1.165, 1.54) is 50.6 Å². The van der Waals surface area contributed by atoms with Crippen LogP contribution in [0.1, 0.15) is 64.4 Å². The van der Waals surface area contributed by atoms with E-state index in [4.69, 9.17) is 0 Å². The van der Waals surface area contributed by atoms with Crippen LogP contribution in [0, 0.1) is 10.1 Å². The second-order valence-electron chi connectivity index (χ2n) is 6.56. The van der Waals surface area contributed by atoms with Crippen molar-refractivity contribution >= 4 is 5.69 Å². The van der Waals surface area contributed by atoms with Crippen molar-refractivity contribution in [1.82, 2.24) is 4.90 Å². The Kier molecular flexibility index (Phi) is 9.53. The number of nitrogens with zero attached hydrogens (tertiary/aromatic N) is 2. The van der Waals surface area contributed by atoms with Crippen molar-refractivity contribution in [2.24, 2.45) is 0 Å². The van der Waals surface area contributed by atoms with Crippen LogP contribution in [0.4, 0.5) is 5.69 Å². The van der Waals surface area contributed by atoms with Gasteiger partial charge in [0.25, 0.3) is 5.69 Å². The van der Waals surface area contributed by atoms with E-state index >= 15 is 0 Å². The highest BCUT2D eigenvalue weighted by molar-refractivity contribution is 5.32. The molecule has 0 aliphatic carbocycles. The Bertz CT molecular complexity index is 445. The first kappa shape index (κ1) is 19.6. The minimum absolute atomic E-state index is 0.171. The van der Waals surface area contributed by atoms with Crippen molar-refractivity contribution in [1.29, 1.82) is 0 Å². The van der Waals surface area contributed by atoms with Crippen molar-refractivity contribution in [3.05, 3.63) is 39.9 Å². The lowest BCUT2D eigenvalue weighted by Gasteiger charge is -2.24. The monoisotopic (exact) mass is 320 g/mol. The van der Waals surface area contributed by atoms with E-state index in [1.807, 2.05) is 12.1 Å². The number of unbranched alkanes of at least 4 members (excludes halogenated alkanes) is 4. The molecule has 1 atom stereocenters. The third-order valence-corrected chi connectivity index (χ3v) is 4.60. The number of hydrogen-bond acceptors (Lipinski definition) is 3. The summed E-state index contributed by atoms with van der Waals surface area (Å²) in [6, 6.07) is 7.54. The predicted octanol–water partition coefficient (Wildman–Crippen LogP) is 5.21. The van der Waals surface area contributed by atoms with Gasteiger partial charge in [-0.05, 0) is 51.8 Å². The summed E-state index contributed by atoms with van der Waals surface area (Å²) in [7, 11) is 2.22. The van der Waals surface area contributed by atoms with Crippen molar-refractivity contribution < 1.29 is 4.92 Å². The molecule has 0 heterocycles. The largest absolute Gasteiger partial charge is 0.304 e. The smallest absolute Gasteiger partial charge is 0.269 e. The van der Waals surface area contributed by atoms with E-state index < -0.39 is 0 Å². The second-order valence-corrected chi connectivity index (χ2v) is 6.56. The maximum absolute atomic E-state index is 10.6. The molecule has 1 unspecified atom stereocenters. The molecule has 0 radical (unpaired) electrons. The molecule has 4 nitrogen and oxygen atoms in total. The van der Waals surface area contributed by atoms with Gasteiger partial charge in [0.2, 0.25) is 0 Å². The summed E-state index contributed by atoms with van der Waals surface area (Å²) in [4.78, 5) is 12.7. The van der Waals surface area contributed by atoms with E-state index in [0.717, 1.165) is 12.8 Å². The Balaban J connectivity index is 2.19. The van der Waals surface area contributed by atoms with Gasteiger partial charge < -0.3 is 4.90 Å². The predicted molar refractivity (Wildman–Crippen MR) is 96.9 cm³/mol. The van der Waals surface area contributed by atoms with Crippen molar-refractivity contribution in [3.8, 4) is 0 Å². The SMILES string of the molecule is CCCCCCCN(C)C(C)CCCc1ccc([N+](=O)[O-])cc1. The zero-order valence-electron chi connectivity index (χ0n) is 15.0. The number of nitro benzene ring substituents is 1. The van der Waals surface area contributed by atoms with Crippen LogP contribution in [-0.4, -0.2) is 29.5 Å². The molecule has 0 saturated carbocycles. The summed E-state index contributed by atoms with van der Waals surface area (Å²) in [6.45, 7) is 5.73. The Labute approximate surface area is 141 Å². The molecule has 23 heavy (non-hydrogen) atoms. The fourth-order valence-electron chi connectivity index (χ4n) is 2.79. The van der Waals surface area contributed by atoms with Gasteiger partial charge in [-0.15, -0.1) is 0 Å². The van der Waals surface area contributed by atoms with Crippen LogP contribution in [0.15, 0.2) is 24.3 Å². The number of hydrogen-bond donors (Lipinski definition) is 0. The highest BCUT2D eigenvalue weighted by atomic mass is 16.6. The number of non-ortho nitro benzene ring substituents is 1. The quantitative estimate of drug-likeness (QED) is 0.302. The molecule has 1 aromatic carbocycles. The summed E-state index contributed by atoms with van der Waals surface area (Å²) in [6.07, 6.45) is 9.94. The lowest BCUT2D eigenvalue weighted by Crippen LogP contribution is -2.30. The molecule has 1 rings (SSSR count). The maximum atomic E-state index is 10.6. The minimum atomic E-state index is -0.346. The number of rotatable bonds is 12. The molecular weight excluding hydrogens is 288 g/mol. The Hall–Kier alpha value is -1.42. The van der Waals surface area contributed by atoms with Gasteiger partial charge in [-0.1, -0.05) is 44.7 Å². The highest BCUT2D eigenvalue weighted by Gasteiger charge is 2.09. The number of nitro groups is 1. The Morgan fingerprint density at radius 2 is 1.74 bits per heavy atom. The third-order valence-electron chi connectivity index (χ3n) is 4.60. The zero-order chi connectivity index (χ0) is 17.1. The van der Waals surface area contributed by atoms with E-state index in [-0.39, 0.29) is 10.6 Å². The molecule has 0 aromatic heterocycles. The van der Waals surface area contributed by atoms with Crippen LogP contribution >= 0.6 is 0 Å². The lowest BCUT2D eigenvalue weighted by atomic mass is 10.0. The van der Waals surface area contributed by atoms with Crippen molar-refractivity contribution in [3.63, 3.8) is 0 Å². The summed E-state index contributed by atoms with van der Waals surface area (Å²) in [5.74, 6) is 0. The minimum Gasteiger partial charge on any atom is -0.304 e. The van der Waals surface area contributed by atoms with E-state index in [0.29, 0.717) is 6.04 Å². The third kappa shape index (κ3) is 8.12. The molecule has 0 saturated heterocycles. The van der Waals surface area contributed by atoms with Gasteiger partial charge in [0.05, 0.1) is 4.92 Å². The van der Waals surface area contributed by atoms with Crippen LogP contribution in [-0.2, 0) is 6.42 Å². The standard InChI is InChI=1S/C19H32N2O2/c1-4-5-6-7-8-16-20(3)17(2)10-9-11-18-12-14-19(15-13-18)21(22)23/h12-15,17H,4-11,16H2,1-3H3. The number of benzene rings is 1.